The fourth-order valence-corrected chi connectivity index (χ4v) is 1.87. The van der Waals surface area contributed by atoms with E-state index < -0.39 is 0 Å². The molecule has 5 nitrogen and oxygen atoms in total. The summed E-state index contributed by atoms with van der Waals surface area (Å²) in [6, 6.07) is 7.11. The van der Waals surface area contributed by atoms with Crippen LogP contribution < -0.4 is 10.1 Å². The van der Waals surface area contributed by atoms with Crippen LogP contribution in [0.5, 0.6) is 5.75 Å². The van der Waals surface area contributed by atoms with Crippen LogP contribution in [0.1, 0.15) is 17.4 Å². The van der Waals surface area contributed by atoms with Gasteiger partial charge in [-0.25, -0.2) is 0 Å². The van der Waals surface area contributed by atoms with Crippen LogP contribution in [0.2, 0.25) is 5.02 Å². The van der Waals surface area contributed by atoms with Crippen molar-refractivity contribution in [1.29, 1.82) is 0 Å². The van der Waals surface area contributed by atoms with Gasteiger partial charge in [0, 0.05) is 18.9 Å². The van der Waals surface area contributed by atoms with Crippen molar-refractivity contribution in [1.82, 2.24) is 9.78 Å². The van der Waals surface area contributed by atoms with E-state index in [0.29, 0.717) is 17.3 Å². The Bertz CT molecular complexity index is 578. The second-order valence-corrected chi connectivity index (χ2v) is 4.32. The Hall–Kier alpha value is -2.01. The van der Waals surface area contributed by atoms with Crippen LogP contribution in [-0.4, -0.2) is 22.3 Å². The maximum absolute atomic E-state index is 12.0. The van der Waals surface area contributed by atoms with E-state index in [2.05, 4.69) is 10.4 Å². The number of hydrogen-bond acceptors (Lipinski definition) is 3. The molecule has 0 aliphatic heterocycles. The SMILES string of the molecule is CCOc1ccc(NC(=O)c2nn(C)cc2Cl)cc1. The molecule has 0 radical (unpaired) electrons. The lowest BCUT2D eigenvalue weighted by molar-refractivity contribution is 0.102. The van der Waals surface area contributed by atoms with E-state index in [1.807, 2.05) is 6.92 Å². The first-order valence-electron chi connectivity index (χ1n) is 5.83. The zero-order valence-corrected chi connectivity index (χ0v) is 11.4. The number of amides is 1. The average molecular weight is 280 g/mol. The molecule has 19 heavy (non-hydrogen) atoms. The van der Waals surface area contributed by atoms with Crippen molar-refractivity contribution in [2.45, 2.75) is 6.92 Å². The van der Waals surface area contributed by atoms with E-state index in [-0.39, 0.29) is 11.6 Å². The first-order chi connectivity index (χ1) is 9.10. The molecule has 0 atom stereocenters. The minimum atomic E-state index is -0.338. The topological polar surface area (TPSA) is 56.1 Å². The summed E-state index contributed by atoms with van der Waals surface area (Å²) in [6.45, 7) is 2.52. The number of halogens is 1. The molecule has 0 fully saturated rings. The molecule has 1 amide bonds. The zero-order valence-electron chi connectivity index (χ0n) is 10.7. The summed E-state index contributed by atoms with van der Waals surface area (Å²) in [6.07, 6.45) is 1.58. The van der Waals surface area contributed by atoms with Crippen molar-refractivity contribution in [3.05, 3.63) is 41.2 Å². The fraction of sp³-hybridized carbons (Fsp3) is 0.231. The first kappa shape index (κ1) is 13.4. The minimum Gasteiger partial charge on any atom is -0.494 e. The van der Waals surface area contributed by atoms with Gasteiger partial charge in [0.15, 0.2) is 5.69 Å². The van der Waals surface area contributed by atoms with Gasteiger partial charge < -0.3 is 10.1 Å². The Kier molecular flexibility index (Phi) is 4.06. The van der Waals surface area contributed by atoms with Gasteiger partial charge in [-0.2, -0.15) is 5.10 Å². The molecular formula is C13H14ClN3O2. The molecule has 0 saturated carbocycles. The molecule has 0 spiro atoms. The van der Waals surface area contributed by atoms with Gasteiger partial charge in [0.1, 0.15) is 5.75 Å². The van der Waals surface area contributed by atoms with Crippen molar-refractivity contribution in [3.63, 3.8) is 0 Å². The van der Waals surface area contributed by atoms with Crippen LogP contribution in [0.4, 0.5) is 5.69 Å². The maximum Gasteiger partial charge on any atom is 0.277 e. The predicted molar refractivity (Wildman–Crippen MR) is 73.8 cm³/mol. The number of ether oxygens (including phenoxy) is 1. The Morgan fingerprint density at radius 1 is 1.42 bits per heavy atom. The average Bonchev–Trinajstić information content (AvgIpc) is 2.71. The van der Waals surface area contributed by atoms with Crippen molar-refractivity contribution < 1.29 is 9.53 Å². The smallest absolute Gasteiger partial charge is 0.277 e. The van der Waals surface area contributed by atoms with Crippen LogP contribution in [0.3, 0.4) is 0 Å². The number of carbonyl (C=O) groups excluding carboxylic acids is 1. The lowest BCUT2D eigenvalue weighted by Crippen LogP contribution is -2.13. The molecule has 6 heteroatoms. The van der Waals surface area contributed by atoms with Gasteiger partial charge in [-0.3, -0.25) is 9.48 Å². The van der Waals surface area contributed by atoms with Gasteiger partial charge in [0.05, 0.1) is 11.6 Å². The Morgan fingerprint density at radius 3 is 2.63 bits per heavy atom. The van der Waals surface area contributed by atoms with Gasteiger partial charge in [-0.1, -0.05) is 11.6 Å². The Labute approximate surface area is 116 Å². The van der Waals surface area contributed by atoms with Crippen LogP contribution in [0, 0.1) is 0 Å². The number of anilines is 1. The van der Waals surface area contributed by atoms with Gasteiger partial charge in [-0.15, -0.1) is 0 Å². The van der Waals surface area contributed by atoms with E-state index in [0.717, 1.165) is 5.75 Å². The molecule has 0 aliphatic carbocycles. The summed E-state index contributed by atoms with van der Waals surface area (Å²) >= 11 is 5.91. The summed E-state index contributed by atoms with van der Waals surface area (Å²) < 4.78 is 6.82. The fourth-order valence-electron chi connectivity index (χ4n) is 1.60. The lowest BCUT2D eigenvalue weighted by atomic mass is 10.3. The van der Waals surface area contributed by atoms with Gasteiger partial charge in [0.2, 0.25) is 0 Å². The molecule has 0 bridgehead atoms. The van der Waals surface area contributed by atoms with Crippen molar-refractivity contribution in [2.75, 3.05) is 11.9 Å². The molecule has 0 unspecified atom stereocenters. The van der Waals surface area contributed by atoms with E-state index in [1.165, 1.54) is 4.68 Å². The standard InChI is InChI=1S/C13H14ClN3O2/c1-3-19-10-6-4-9(5-7-10)15-13(18)12-11(14)8-17(2)16-12/h4-8H,3H2,1-2H3,(H,15,18). The number of aromatic nitrogens is 2. The summed E-state index contributed by atoms with van der Waals surface area (Å²) in [5.74, 6) is 0.422. The second kappa shape index (κ2) is 5.75. The van der Waals surface area contributed by atoms with Crippen molar-refractivity contribution >= 4 is 23.2 Å². The molecule has 2 rings (SSSR count). The van der Waals surface area contributed by atoms with Crippen molar-refractivity contribution in [2.24, 2.45) is 7.05 Å². The molecule has 1 aromatic heterocycles. The first-order valence-corrected chi connectivity index (χ1v) is 6.21. The van der Waals surface area contributed by atoms with Gasteiger partial charge in [0.25, 0.3) is 5.91 Å². The van der Waals surface area contributed by atoms with E-state index in [4.69, 9.17) is 16.3 Å². The van der Waals surface area contributed by atoms with E-state index in [9.17, 15) is 4.79 Å². The normalized spacial score (nSPS) is 10.3. The molecule has 1 heterocycles. The number of hydrogen-bond donors (Lipinski definition) is 1. The number of nitrogens with zero attached hydrogens (tertiary/aromatic N) is 2. The number of aryl methyl sites for hydroxylation is 1. The Balaban J connectivity index is 2.08. The highest BCUT2D eigenvalue weighted by Crippen LogP contribution is 2.18. The summed E-state index contributed by atoms with van der Waals surface area (Å²) in [5.41, 5.74) is 0.869. The predicted octanol–water partition coefficient (Wildman–Crippen LogP) is 2.72. The van der Waals surface area contributed by atoms with Gasteiger partial charge >= 0.3 is 0 Å². The highest BCUT2D eigenvalue weighted by Gasteiger charge is 2.14. The van der Waals surface area contributed by atoms with E-state index in [1.54, 1.807) is 37.5 Å². The third-order valence-electron chi connectivity index (χ3n) is 2.42. The van der Waals surface area contributed by atoms with Crippen molar-refractivity contribution in [3.8, 4) is 5.75 Å². The zero-order chi connectivity index (χ0) is 13.8. The number of benzene rings is 1. The van der Waals surface area contributed by atoms with Crippen LogP contribution in [0.25, 0.3) is 0 Å². The van der Waals surface area contributed by atoms with E-state index >= 15 is 0 Å². The third-order valence-corrected chi connectivity index (χ3v) is 2.70. The van der Waals surface area contributed by atoms with Crippen LogP contribution in [0.15, 0.2) is 30.5 Å². The molecule has 0 saturated heterocycles. The quantitative estimate of drug-likeness (QED) is 0.936. The molecule has 1 N–H and O–H groups in total. The minimum absolute atomic E-state index is 0.207. The van der Waals surface area contributed by atoms with Crippen LogP contribution in [-0.2, 0) is 7.05 Å². The summed E-state index contributed by atoms with van der Waals surface area (Å²) in [4.78, 5) is 12.0. The number of carbonyl (C=O) groups is 1. The van der Waals surface area contributed by atoms with Crippen LogP contribution >= 0.6 is 11.6 Å². The monoisotopic (exact) mass is 279 g/mol. The summed E-state index contributed by atoms with van der Waals surface area (Å²) in [5, 5.41) is 7.05. The largest absolute Gasteiger partial charge is 0.494 e. The van der Waals surface area contributed by atoms with Gasteiger partial charge in [-0.05, 0) is 31.2 Å². The number of nitrogens with one attached hydrogen (secondary N) is 1. The molecular weight excluding hydrogens is 266 g/mol. The maximum atomic E-state index is 12.0. The highest BCUT2D eigenvalue weighted by atomic mass is 35.5. The number of rotatable bonds is 4. The lowest BCUT2D eigenvalue weighted by Gasteiger charge is -2.06. The summed E-state index contributed by atoms with van der Waals surface area (Å²) in [7, 11) is 1.71. The molecule has 1 aromatic carbocycles. The highest BCUT2D eigenvalue weighted by molar-refractivity contribution is 6.34. The Morgan fingerprint density at radius 2 is 2.11 bits per heavy atom. The third kappa shape index (κ3) is 3.26. The molecule has 2 aromatic rings. The molecule has 0 aliphatic rings. The second-order valence-electron chi connectivity index (χ2n) is 3.91. The molecule has 100 valence electrons.